The van der Waals surface area contributed by atoms with Gasteiger partial charge < -0.3 is 4.74 Å². The Morgan fingerprint density at radius 1 is 1.04 bits per heavy atom. The molecule has 1 aromatic carbocycles. The molecule has 136 valence electrons. The predicted molar refractivity (Wildman–Crippen MR) is 83.7 cm³/mol. The first kappa shape index (κ1) is 17.9. The van der Waals surface area contributed by atoms with Crippen molar-refractivity contribution in [1.29, 1.82) is 0 Å². The van der Waals surface area contributed by atoms with Crippen molar-refractivity contribution in [3.8, 4) is 0 Å². The second-order valence-corrected chi connectivity index (χ2v) is 6.13. The standard InChI is InChI=1S/C18H15F2NO5/c19-13-6-5-10(7-14(13)20)15(22)9-26-16(23)8-21-17(24)11-3-1-2-4-12(11)18(21)25/h1-2,5-7,11-12H,3-4,8-9H2/t11-,12+. The lowest BCUT2D eigenvalue weighted by atomic mass is 9.85. The average Bonchev–Trinajstić information content (AvgIpc) is 2.87. The second kappa shape index (κ2) is 7.15. The first-order valence-corrected chi connectivity index (χ1v) is 8.02. The van der Waals surface area contributed by atoms with E-state index < -0.39 is 60.2 Å². The molecular weight excluding hydrogens is 348 g/mol. The van der Waals surface area contributed by atoms with Gasteiger partial charge in [-0.05, 0) is 31.0 Å². The largest absolute Gasteiger partial charge is 0.456 e. The van der Waals surface area contributed by atoms with E-state index in [-0.39, 0.29) is 5.56 Å². The van der Waals surface area contributed by atoms with Crippen LogP contribution < -0.4 is 0 Å². The first-order chi connectivity index (χ1) is 12.4. The number of hydrogen-bond acceptors (Lipinski definition) is 5. The highest BCUT2D eigenvalue weighted by Crippen LogP contribution is 2.34. The summed E-state index contributed by atoms with van der Waals surface area (Å²) in [6.07, 6.45) is 4.56. The number of allylic oxidation sites excluding steroid dienone is 2. The zero-order valence-corrected chi connectivity index (χ0v) is 13.6. The Morgan fingerprint density at radius 3 is 2.23 bits per heavy atom. The molecule has 2 aliphatic rings. The number of esters is 1. The monoisotopic (exact) mass is 363 g/mol. The van der Waals surface area contributed by atoms with Gasteiger partial charge in [-0.2, -0.15) is 0 Å². The van der Waals surface area contributed by atoms with Crippen LogP contribution in [0.2, 0.25) is 0 Å². The molecule has 1 fully saturated rings. The first-order valence-electron chi connectivity index (χ1n) is 8.02. The molecule has 0 radical (unpaired) electrons. The number of halogens is 2. The Kier molecular flexibility index (Phi) is 4.92. The molecule has 8 heteroatoms. The fraction of sp³-hybridized carbons (Fsp3) is 0.333. The lowest BCUT2D eigenvalue weighted by Gasteiger charge is -2.14. The molecule has 1 aliphatic heterocycles. The Morgan fingerprint density at radius 2 is 1.65 bits per heavy atom. The van der Waals surface area contributed by atoms with Crippen LogP contribution in [0, 0.1) is 23.5 Å². The van der Waals surface area contributed by atoms with Crippen molar-refractivity contribution in [3.63, 3.8) is 0 Å². The van der Waals surface area contributed by atoms with Crippen LogP contribution in [-0.4, -0.2) is 41.6 Å². The van der Waals surface area contributed by atoms with Gasteiger partial charge >= 0.3 is 5.97 Å². The maximum absolute atomic E-state index is 13.1. The number of likely N-dealkylation sites (tertiary alicyclic amines) is 1. The van der Waals surface area contributed by atoms with Crippen molar-refractivity contribution < 1.29 is 32.7 Å². The number of imide groups is 1. The maximum atomic E-state index is 13.1. The number of fused-ring (bicyclic) bond motifs is 1. The molecule has 0 unspecified atom stereocenters. The average molecular weight is 363 g/mol. The van der Waals surface area contributed by atoms with Crippen LogP contribution in [-0.2, 0) is 19.1 Å². The molecule has 3 rings (SSSR count). The van der Waals surface area contributed by atoms with E-state index in [2.05, 4.69) is 0 Å². The Labute approximate surface area is 147 Å². The fourth-order valence-electron chi connectivity index (χ4n) is 3.10. The number of rotatable bonds is 5. The quantitative estimate of drug-likeness (QED) is 0.344. The number of hydrogen-bond donors (Lipinski definition) is 0. The molecule has 1 heterocycles. The third-order valence-electron chi connectivity index (χ3n) is 4.49. The minimum atomic E-state index is -1.19. The Hall–Kier alpha value is -2.90. The van der Waals surface area contributed by atoms with Crippen LogP contribution in [0.3, 0.4) is 0 Å². The van der Waals surface area contributed by atoms with E-state index in [1.165, 1.54) is 0 Å². The van der Waals surface area contributed by atoms with Gasteiger partial charge in [-0.15, -0.1) is 0 Å². The highest BCUT2D eigenvalue weighted by atomic mass is 19.2. The maximum Gasteiger partial charge on any atom is 0.326 e. The summed E-state index contributed by atoms with van der Waals surface area (Å²) in [7, 11) is 0. The number of carbonyl (C=O) groups is 4. The van der Waals surface area contributed by atoms with Crippen molar-refractivity contribution in [2.24, 2.45) is 11.8 Å². The Balaban J connectivity index is 1.56. The summed E-state index contributed by atoms with van der Waals surface area (Å²) in [5, 5.41) is 0. The van der Waals surface area contributed by atoms with E-state index >= 15 is 0 Å². The van der Waals surface area contributed by atoms with E-state index in [1.54, 1.807) is 0 Å². The summed E-state index contributed by atoms with van der Waals surface area (Å²) in [4.78, 5) is 49.1. The van der Waals surface area contributed by atoms with Crippen LogP contribution in [0.4, 0.5) is 8.78 Å². The van der Waals surface area contributed by atoms with E-state index in [0.29, 0.717) is 18.9 Å². The summed E-state index contributed by atoms with van der Waals surface area (Å²) in [5.74, 6) is -5.69. The molecule has 2 amide bonds. The number of ketones is 1. The minimum Gasteiger partial charge on any atom is -0.456 e. The number of ether oxygens (including phenoxy) is 1. The molecule has 0 aromatic heterocycles. The van der Waals surface area contributed by atoms with Gasteiger partial charge in [-0.1, -0.05) is 12.2 Å². The summed E-state index contributed by atoms with van der Waals surface area (Å²) in [6, 6.07) is 2.57. The highest BCUT2D eigenvalue weighted by molar-refractivity contribution is 6.07. The van der Waals surface area contributed by atoms with Crippen molar-refractivity contribution in [2.45, 2.75) is 12.8 Å². The molecule has 0 N–H and O–H groups in total. The Bertz CT molecular complexity index is 794. The van der Waals surface area contributed by atoms with E-state index in [9.17, 15) is 28.0 Å². The summed E-state index contributed by atoms with van der Waals surface area (Å²) in [5.41, 5.74) is -0.151. The topological polar surface area (TPSA) is 80.8 Å². The molecule has 1 saturated heterocycles. The molecule has 1 aliphatic carbocycles. The molecule has 0 saturated carbocycles. The van der Waals surface area contributed by atoms with Gasteiger partial charge in [0.2, 0.25) is 11.8 Å². The van der Waals surface area contributed by atoms with E-state index in [4.69, 9.17) is 4.74 Å². The number of amides is 2. The van der Waals surface area contributed by atoms with Gasteiger partial charge in [0.25, 0.3) is 0 Å². The predicted octanol–water partition coefficient (Wildman–Crippen LogP) is 1.64. The van der Waals surface area contributed by atoms with Crippen molar-refractivity contribution >= 4 is 23.6 Å². The van der Waals surface area contributed by atoms with Crippen LogP contribution >= 0.6 is 0 Å². The van der Waals surface area contributed by atoms with Gasteiger partial charge in [0, 0.05) is 5.56 Å². The lowest BCUT2D eigenvalue weighted by Crippen LogP contribution is -2.37. The molecule has 26 heavy (non-hydrogen) atoms. The molecule has 0 bridgehead atoms. The third-order valence-corrected chi connectivity index (χ3v) is 4.49. The minimum absolute atomic E-state index is 0.151. The summed E-state index contributed by atoms with van der Waals surface area (Å²) >= 11 is 0. The third kappa shape index (κ3) is 3.40. The zero-order valence-electron chi connectivity index (χ0n) is 13.6. The van der Waals surface area contributed by atoms with Crippen LogP contribution in [0.1, 0.15) is 23.2 Å². The number of benzene rings is 1. The fourth-order valence-corrected chi connectivity index (χ4v) is 3.10. The van der Waals surface area contributed by atoms with Crippen LogP contribution in [0.15, 0.2) is 30.4 Å². The summed E-state index contributed by atoms with van der Waals surface area (Å²) < 4.78 is 30.8. The smallest absolute Gasteiger partial charge is 0.326 e. The van der Waals surface area contributed by atoms with Crippen molar-refractivity contribution in [2.75, 3.05) is 13.2 Å². The van der Waals surface area contributed by atoms with Gasteiger partial charge in [-0.3, -0.25) is 24.1 Å². The molecule has 0 spiro atoms. The molecule has 1 aromatic rings. The molecule has 6 nitrogen and oxygen atoms in total. The van der Waals surface area contributed by atoms with E-state index in [0.717, 1.165) is 17.0 Å². The molecule has 2 atom stereocenters. The molecular formula is C18H15F2NO5. The number of Topliss-reactive ketones (excluding diaryl/α,β-unsaturated/α-hetero) is 1. The van der Waals surface area contributed by atoms with Gasteiger partial charge in [-0.25, -0.2) is 8.78 Å². The number of carbonyl (C=O) groups excluding carboxylic acids is 4. The zero-order chi connectivity index (χ0) is 18.8. The van der Waals surface area contributed by atoms with Crippen molar-refractivity contribution in [3.05, 3.63) is 47.5 Å². The highest BCUT2D eigenvalue weighted by Gasteiger charge is 2.47. The van der Waals surface area contributed by atoms with Crippen LogP contribution in [0.5, 0.6) is 0 Å². The van der Waals surface area contributed by atoms with Gasteiger partial charge in [0.15, 0.2) is 24.0 Å². The van der Waals surface area contributed by atoms with E-state index in [1.807, 2.05) is 12.2 Å². The SMILES string of the molecule is O=C(CN1C(=O)[C@H]2CC=CC[C@H]2C1=O)OCC(=O)c1ccc(F)c(F)c1. The lowest BCUT2D eigenvalue weighted by molar-refractivity contribution is -0.152. The van der Waals surface area contributed by atoms with Crippen LogP contribution in [0.25, 0.3) is 0 Å². The van der Waals surface area contributed by atoms with Gasteiger partial charge in [0.1, 0.15) is 6.54 Å². The summed E-state index contributed by atoms with van der Waals surface area (Å²) in [6.45, 7) is -1.27. The normalized spacial score (nSPS) is 21.7. The van der Waals surface area contributed by atoms with Gasteiger partial charge in [0.05, 0.1) is 11.8 Å². The number of nitrogens with zero attached hydrogens (tertiary/aromatic N) is 1. The second-order valence-electron chi connectivity index (χ2n) is 6.13. The van der Waals surface area contributed by atoms with Crippen molar-refractivity contribution in [1.82, 2.24) is 4.90 Å².